The standard InChI is InChI=1S/C11H19N5O/c1-3-8(2)10(12)11(17)15-4-5-16-7-13-14-9(16)6-15/h7-8,10H,3-6,12H2,1-2H3/t8?,10-/m0/s1. The highest BCUT2D eigenvalue weighted by molar-refractivity contribution is 5.82. The first kappa shape index (κ1) is 12.0. The van der Waals surface area contributed by atoms with Gasteiger partial charge in [0, 0.05) is 13.1 Å². The highest BCUT2D eigenvalue weighted by Gasteiger charge is 2.28. The van der Waals surface area contributed by atoms with Crippen molar-refractivity contribution in [1.82, 2.24) is 19.7 Å². The van der Waals surface area contributed by atoms with Crippen LogP contribution in [-0.4, -0.2) is 38.2 Å². The van der Waals surface area contributed by atoms with Crippen molar-refractivity contribution < 1.29 is 4.79 Å². The predicted octanol–water partition coefficient (Wildman–Crippen LogP) is -0.00630. The number of carbonyl (C=O) groups is 1. The minimum absolute atomic E-state index is 0.0219. The fraction of sp³-hybridized carbons (Fsp3) is 0.727. The van der Waals surface area contributed by atoms with E-state index in [1.54, 1.807) is 11.2 Å². The van der Waals surface area contributed by atoms with E-state index in [-0.39, 0.29) is 11.8 Å². The van der Waals surface area contributed by atoms with Crippen LogP contribution in [0.25, 0.3) is 0 Å². The summed E-state index contributed by atoms with van der Waals surface area (Å²) in [5, 5.41) is 7.83. The van der Waals surface area contributed by atoms with Crippen LogP contribution in [0.1, 0.15) is 26.1 Å². The zero-order valence-corrected chi connectivity index (χ0v) is 10.3. The summed E-state index contributed by atoms with van der Waals surface area (Å²) in [7, 11) is 0. The lowest BCUT2D eigenvalue weighted by molar-refractivity contribution is -0.135. The van der Waals surface area contributed by atoms with Gasteiger partial charge in [-0.05, 0) is 5.92 Å². The van der Waals surface area contributed by atoms with E-state index in [9.17, 15) is 4.79 Å². The van der Waals surface area contributed by atoms with Crippen LogP contribution < -0.4 is 5.73 Å². The number of aromatic nitrogens is 3. The molecule has 0 saturated heterocycles. The van der Waals surface area contributed by atoms with Crippen LogP contribution in [0, 0.1) is 5.92 Å². The maximum atomic E-state index is 12.2. The maximum absolute atomic E-state index is 12.2. The number of hydrogen-bond donors (Lipinski definition) is 1. The number of rotatable bonds is 3. The molecule has 2 rings (SSSR count). The van der Waals surface area contributed by atoms with E-state index in [1.807, 2.05) is 18.4 Å². The third kappa shape index (κ3) is 2.31. The largest absolute Gasteiger partial charge is 0.332 e. The Kier molecular flexibility index (Phi) is 3.42. The van der Waals surface area contributed by atoms with E-state index in [0.29, 0.717) is 13.1 Å². The second-order valence-corrected chi connectivity index (χ2v) is 4.61. The summed E-state index contributed by atoms with van der Waals surface area (Å²) in [4.78, 5) is 14.0. The number of fused-ring (bicyclic) bond motifs is 1. The lowest BCUT2D eigenvalue weighted by Gasteiger charge is -2.30. The highest BCUT2D eigenvalue weighted by atomic mass is 16.2. The van der Waals surface area contributed by atoms with Crippen LogP contribution in [0.4, 0.5) is 0 Å². The van der Waals surface area contributed by atoms with E-state index in [4.69, 9.17) is 5.73 Å². The summed E-state index contributed by atoms with van der Waals surface area (Å²) >= 11 is 0. The molecule has 1 aliphatic rings. The van der Waals surface area contributed by atoms with Crippen molar-refractivity contribution in [3.05, 3.63) is 12.2 Å². The topological polar surface area (TPSA) is 77.0 Å². The summed E-state index contributed by atoms with van der Waals surface area (Å²) in [6, 6.07) is -0.408. The van der Waals surface area contributed by atoms with Gasteiger partial charge in [-0.1, -0.05) is 20.3 Å². The van der Waals surface area contributed by atoms with Crippen molar-refractivity contribution in [2.24, 2.45) is 11.7 Å². The van der Waals surface area contributed by atoms with Crippen molar-refractivity contribution in [1.29, 1.82) is 0 Å². The van der Waals surface area contributed by atoms with Crippen molar-refractivity contribution >= 4 is 5.91 Å². The fourth-order valence-corrected chi connectivity index (χ4v) is 1.96. The lowest BCUT2D eigenvalue weighted by Crippen LogP contribution is -2.49. The molecular formula is C11H19N5O. The van der Waals surface area contributed by atoms with Crippen LogP contribution in [0.5, 0.6) is 0 Å². The van der Waals surface area contributed by atoms with E-state index in [2.05, 4.69) is 10.2 Å². The number of nitrogens with zero attached hydrogens (tertiary/aromatic N) is 4. The SMILES string of the molecule is CCC(C)[C@H](N)C(=O)N1CCn2cnnc2C1. The monoisotopic (exact) mass is 237 g/mol. The molecular weight excluding hydrogens is 218 g/mol. The molecule has 6 nitrogen and oxygen atoms in total. The van der Waals surface area contributed by atoms with Crippen LogP contribution in [0.15, 0.2) is 6.33 Å². The van der Waals surface area contributed by atoms with Crippen molar-refractivity contribution in [3.63, 3.8) is 0 Å². The Morgan fingerprint density at radius 3 is 3.06 bits per heavy atom. The van der Waals surface area contributed by atoms with Gasteiger partial charge in [0.15, 0.2) is 5.82 Å². The summed E-state index contributed by atoms with van der Waals surface area (Å²) in [6.07, 6.45) is 2.61. The third-order valence-electron chi connectivity index (χ3n) is 3.49. The average Bonchev–Trinajstić information content (AvgIpc) is 2.83. The van der Waals surface area contributed by atoms with Gasteiger partial charge in [0.1, 0.15) is 6.33 Å². The molecule has 1 aliphatic heterocycles. The van der Waals surface area contributed by atoms with Crippen molar-refractivity contribution in [2.75, 3.05) is 6.54 Å². The molecule has 0 aromatic carbocycles. The van der Waals surface area contributed by atoms with Crippen LogP contribution in [0.3, 0.4) is 0 Å². The first-order valence-electron chi connectivity index (χ1n) is 6.04. The summed E-state index contributed by atoms with van der Waals surface area (Å²) in [5.74, 6) is 1.07. The third-order valence-corrected chi connectivity index (χ3v) is 3.49. The van der Waals surface area contributed by atoms with Gasteiger partial charge >= 0.3 is 0 Å². The second kappa shape index (κ2) is 4.83. The Bertz CT molecular complexity index is 402. The van der Waals surface area contributed by atoms with Gasteiger partial charge in [0.05, 0.1) is 12.6 Å². The van der Waals surface area contributed by atoms with Crippen LogP contribution >= 0.6 is 0 Å². The zero-order chi connectivity index (χ0) is 12.4. The second-order valence-electron chi connectivity index (χ2n) is 4.61. The Hall–Kier alpha value is -1.43. The fourth-order valence-electron chi connectivity index (χ4n) is 1.96. The van der Waals surface area contributed by atoms with Gasteiger partial charge in [-0.3, -0.25) is 4.79 Å². The molecule has 2 N–H and O–H groups in total. The average molecular weight is 237 g/mol. The number of nitrogens with two attached hydrogens (primary N) is 1. The number of carbonyl (C=O) groups excluding carboxylic acids is 1. The molecule has 1 aromatic rings. The lowest BCUT2D eigenvalue weighted by atomic mass is 9.99. The molecule has 0 fully saturated rings. The highest BCUT2D eigenvalue weighted by Crippen LogP contribution is 2.13. The Morgan fingerprint density at radius 1 is 1.59 bits per heavy atom. The number of amides is 1. The minimum atomic E-state index is -0.408. The molecule has 1 unspecified atom stereocenters. The van der Waals surface area contributed by atoms with E-state index in [0.717, 1.165) is 18.8 Å². The van der Waals surface area contributed by atoms with Crippen LogP contribution in [-0.2, 0) is 17.9 Å². The van der Waals surface area contributed by atoms with Gasteiger partial charge in [-0.25, -0.2) is 0 Å². The molecule has 2 atom stereocenters. The van der Waals surface area contributed by atoms with Crippen molar-refractivity contribution in [3.8, 4) is 0 Å². The summed E-state index contributed by atoms with van der Waals surface area (Å²) in [6.45, 7) is 6.01. The van der Waals surface area contributed by atoms with Gasteiger partial charge < -0.3 is 15.2 Å². The molecule has 0 saturated carbocycles. The maximum Gasteiger partial charge on any atom is 0.240 e. The van der Waals surface area contributed by atoms with E-state index in [1.165, 1.54) is 0 Å². The zero-order valence-electron chi connectivity index (χ0n) is 10.3. The number of hydrogen-bond acceptors (Lipinski definition) is 4. The summed E-state index contributed by atoms with van der Waals surface area (Å²) < 4.78 is 1.97. The Balaban J connectivity index is 2.03. The normalized spacial score (nSPS) is 18.6. The smallest absolute Gasteiger partial charge is 0.240 e. The molecule has 2 heterocycles. The molecule has 0 bridgehead atoms. The minimum Gasteiger partial charge on any atom is -0.332 e. The quantitative estimate of drug-likeness (QED) is 0.802. The molecule has 17 heavy (non-hydrogen) atoms. The van der Waals surface area contributed by atoms with E-state index < -0.39 is 6.04 Å². The molecule has 1 aromatic heterocycles. The van der Waals surface area contributed by atoms with Crippen LogP contribution in [0.2, 0.25) is 0 Å². The van der Waals surface area contributed by atoms with Crippen molar-refractivity contribution in [2.45, 2.75) is 39.4 Å². The molecule has 94 valence electrons. The molecule has 0 aliphatic carbocycles. The predicted molar refractivity (Wildman–Crippen MR) is 62.9 cm³/mol. The molecule has 6 heteroatoms. The Labute approximate surface area is 101 Å². The molecule has 0 radical (unpaired) electrons. The van der Waals surface area contributed by atoms with Gasteiger partial charge in [0.25, 0.3) is 0 Å². The molecule has 0 spiro atoms. The molecule has 1 amide bonds. The van der Waals surface area contributed by atoms with Gasteiger partial charge in [-0.2, -0.15) is 0 Å². The first-order valence-corrected chi connectivity index (χ1v) is 6.04. The summed E-state index contributed by atoms with van der Waals surface area (Å²) in [5.41, 5.74) is 5.96. The van der Waals surface area contributed by atoms with Gasteiger partial charge in [-0.15, -0.1) is 10.2 Å². The van der Waals surface area contributed by atoms with Gasteiger partial charge in [0.2, 0.25) is 5.91 Å². The first-order chi connectivity index (χ1) is 8.13. The van der Waals surface area contributed by atoms with E-state index >= 15 is 0 Å². The Morgan fingerprint density at radius 2 is 2.35 bits per heavy atom.